The lowest BCUT2D eigenvalue weighted by atomic mass is 9.97. The molecular formula is C26H24ClN3O. The highest BCUT2D eigenvalue weighted by Gasteiger charge is 2.35. The lowest BCUT2D eigenvalue weighted by molar-refractivity contribution is 0.0930. The zero-order valence-corrected chi connectivity index (χ0v) is 17.9. The third-order valence-electron chi connectivity index (χ3n) is 6.08. The maximum Gasteiger partial charge on any atom is 0.252 e. The summed E-state index contributed by atoms with van der Waals surface area (Å²) in [5, 5.41) is 3.83. The standard InChI is InChI=1S/C26H24ClN3O/c27-20-15-13-19(14-16-20)26(31)29-25-23-12-6-7-17-30(23)22-11-5-4-10-21(22)24(28-25)18-8-2-1-3-9-18/h1-5,8-11,13-16,23,25H,6-7,12,17H2,(H,29,31)/t23?,25-/m1/s1. The van der Waals surface area contributed by atoms with Gasteiger partial charge < -0.3 is 10.2 Å². The summed E-state index contributed by atoms with van der Waals surface area (Å²) in [5.41, 5.74) is 4.87. The van der Waals surface area contributed by atoms with Crippen molar-refractivity contribution in [2.45, 2.75) is 31.5 Å². The molecule has 156 valence electrons. The van der Waals surface area contributed by atoms with Gasteiger partial charge in [0.25, 0.3) is 5.91 Å². The fourth-order valence-electron chi connectivity index (χ4n) is 4.58. The number of aliphatic imine (C=N–C) groups is 1. The van der Waals surface area contributed by atoms with Crippen LogP contribution in [0.1, 0.15) is 40.7 Å². The zero-order valence-electron chi connectivity index (χ0n) is 17.2. The van der Waals surface area contributed by atoms with Gasteiger partial charge in [-0.05, 0) is 49.6 Å². The number of carbonyl (C=O) groups is 1. The Kier molecular flexibility index (Phi) is 5.47. The molecule has 1 N–H and O–H groups in total. The van der Waals surface area contributed by atoms with E-state index in [-0.39, 0.29) is 18.1 Å². The minimum atomic E-state index is -0.342. The number of hydrogen-bond acceptors (Lipinski definition) is 3. The van der Waals surface area contributed by atoms with Gasteiger partial charge in [-0.25, -0.2) is 0 Å². The number of piperidine rings is 1. The van der Waals surface area contributed by atoms with Gasteiger partial charge in [0.15, 0.2) is 0 Å². The molecule has 0 saturated carbocycles. The number of anilines is 1. The van der Waals surface area contributed by atoms with Gasteiger partial charge in [0, 0.05) is 33.9 Å². The molecule has 5 heteroatoms. The first kappa shape index (κ1) is 19.8. The Balaban J connectivity index is 1.59. The van der Waals surface area contributed by atoms with Crippen LogP contribution in [0.25, 0.3) is 0 Å². The van der Waals surface area contributed by atoms with E-state index >= 15 is 0 Å². The molecule has 0 bridgehead atoms. The van der Waals surface area contributed by atoms with Crippen LogP contribution >= 0.6 is 11.6 Å². The Labute approximate surface area is 187 Å². The summed E-state index contributed by atoms with van der Waals surface area (Å²) < 4.78 is 0. The van der Waals surface area contributed by atoms with Crippen molar-refractivity contribution in [3.8, 4) is 0 Å². The number of amides is 1. The van der Waals surface area contributed by atoms with Crippen molar-refractivity contribution in [3.05, 3.63) is 101 Å². The van der Waals surface area contributed by atoms with E-state index in [1.165, 1.54) is 5.69 Å². The lowest BCUT2D eigenvalue weighted by Gasteiger charge is -2.39. The largest absolute Gasteiger partial charge is 0.364 e. The van der Waals surface area contributed by atoms with Crippen molar-refractivity contribution in [3.63, 3.8) is 0 Å². The van der Waals surface area contributed by atoms with Crippen molar-refractivity contribution in [1.82, 2.24) is 5.32 Å². The first-order valence-electron chi connectivity index (χ1n) is 10.8. The van der Waals surface area contributed by atoms with Crippen LogP contribution in [0.15, 0.2) is 83.9 Å². The number of halogens is 1. The van der Waals surface area contributed by atoms with Crippen LogP contribution in [-0.4, -0.2) is 30.4 Å². The fraction of sp³-hybridized carbons (Fsp3) is 0.231. The van der Waals surface area contributed by atoms with Gasteiger partial charge in [-0.3, -0.25) is 9.79 Å². The van der Waals surface area contributed by atoms with Gasteiger partial charge in [-0.1, -0.05) is 60.1 Å². The van der Waals surface area contributed by atoms with Crippen molar-refractivity contribution in [2.75, 3.05) is 11.4 Å². The predicted octanol–water partition coefficient (Wildman–Crippen LogP) is 5.31. The Morgan fingerprint density at radius 3 is 2.48 bits per heavy atom. The smallest absolute Gasteiger partial charge is 0.252 e. The molecule has 2 aliphatic rings. The van der Waals surface area contributed by atoms with Gasteiger partial charge >= 0.3 is 0 Å². The second-order valence-corrected chi connectivity index (χ2v) is 8.48. The molecule has 0 spiro atoms. The predicted molar refractivity (Wildman–Crippen MR) is 126 cm³/mol. The van der Waals surface area contributed by atoms with Gasteiger partial charge in [0.1, 0.15) is 6.17 Å². The van der Waals surface area contributed by atoms with Crippen molar-refractivity contribution < 1.29 is 4.79 Å². The maximum atomic E-state index is 13.1. The van der Waals surface area contributed by atoms with Crippen LogP contribution in [0, 0.1) is 0 Å². The van der Waals surface area contributed by atoms with E-state index in [2.05, 4.69) is 46.6 Å². The molecule has 1 amide bonds. The molecule has 3 aromatic carbocycles. The number of hydrogen-bond donors (Lipinski definition) is 1. The molecule has 1 unspecified atom stereocenters. The summed E-state index contributed by atoms with van der Waals surface area (Å²) in [6, 6.07) is 25.8. The number of nitrogens with zero attached hydrogens (tertiary/aromatic N) is 2. The van der Waals surface area contributed by atoms with Crippen LogP contribution < -0.4 is 10.2 Å². The summed E-state index contributed by atoms with van der Waals surface area (Å²) in [5.74, 6) is -0.130. The molecule has 3 aromatic rings. The van der Waals surface area contributed by atoms with Crippen LogP contribution in [-0.2, 0) is 0 Å². The SMILES string of the molecule is O=C(N[C@H]1N=C(c2ccccc2)c2ccccc2N2CCCCC12)c1ccc(Cl)cc1. The number of para-hydroxylation sites is 1. The molecule has 2 atom stereocenters. The highest BCUT2D eigenvalue weighted by molar-refractivity contribution is 6.30. The topological polar surface area (TPSA) is 44.7 Å². The van der Waals surface area contributed by atoms with E-state index in [0.717, 1.165) is 42.6 Å². The number of fused-ring (bicyclic) bond motifs is 3. The molecule has 1 fully saturated rings. The third-order valence-corrected chi connectivity index (χ3v) is 6.34. The Hall–Kier alpha value is -3.11. The number of rotatable bonds is 3. The zero-order chi connectivity index (χ0) is 21.2. The monoisotopic (exact) mass is 429 g/mol. The highest BCUT2D eigenvalue weighted by Crippen LogP contribution is 2.34. The van der Waals surface area contributed by atoms with Gasteiger partial charge in [-0.2, -0.15) is 0 Å². The molecule has 5 rings (SSSR count). The Morgan fingerprint density at radius 2 is 1.68 bits per heavy atom. The second-order valence-electron chi connectivity index (χ2n) is 8.04. The molecular weight excluding hydrogens is 406 g/mol. The normalized spacial score (nSPS) is 20.2. The van der Waals surface area contributed by atoms with Crippen LogP contribution in [0.3, 0.4) is 0 Å². The fourth-order valence-corrected chi connectivity index (χ4v) is 4.70. The first-order chi connectivity index (χ1) is 15.2. The Bertz CT molecular complexity index is 1110. The maximum absolute atomic E-state index is 13.1. The minimum Gasteiger partial charge on any atom is -0.364 e. The minimum absolute atomic E-state index is 0.118. The summed E-state index contributed by atoms with van der Waals surface area (Å²) in [6.07, 6.45) is 2.92. The molecule has 2 heterocycles. The van der Waals surface area contributed by atoms with Crippen molar-refractivity contribution in [1.29, 1.82) is 0 Å². The first-order valence-corrected chi connectivity index (χ1v) is 11.1. The average Bonchev–Trinajstić information content (AvgIpc) is 2.96. The van der Waals surface area contributed by atoms with Crippen LogP contribution in [0.5, 0.6) is 0 Å². The Morgan fingerprint density at radius 1 is 0.935 bits per heavy atom. The van der Waals surface area contributed by atoms with Gasteiger partial charge in [-0.15, -0.1) is 0 Å². The van der Waals surface area contributed by atoms with Gasteiger partial charge in [0.05, 0.1) is 11.8 Å². The summed E-state index contributed by atoms with van der Waals surface area (Å²) >= 11 is 6.00. The molecule has 0 aliphatic carbocycles. The second kappa shape index (κ2) is 8.56. The molecule has 2 aliphatic heterocycles. The summed E-state index contributed by atoms with van der Waals surface area (Å²) in [6.45, 7) is 0.965. The van der Waals surface area contributed by atoms with E-state index in [4.69, 9.17) is 16.6 Å². The summed E-state index contributed by atoms with van der Waals surface area (Å²) in [4.78, 5) is 20.7. The summed E-state index contributed by atoms with van der Waals surface area (Å²) in [7, 11) is 0. The number of carbonyl (C=O) groups excluding carboxylic acids is 1. The van der Waals surface area contributed by atoms with Crippen molar-refractivity contribution >= 4 is 28.9 Å². The van der Waals surface area contributed by atoms with Crippen LogP contribution in [0.4, 0.5) is 5.69 Å². The molecule has 1 saturated heterocycles. The third kappa shape index (κ3) is 3.96. The van der Waals surface area contributed by atoms with E-state index in [9.17, 15) is 4.79 Å². The van der Waals surface area contributed by atoms with Crippen LogP contribution in [0.2, 0.25) is 5.02 Å². The highest BCUT2D eigenvalue weighted by atomic mass is 35.5. The average molecular weight is 430 g/mol. The molecule has 0 radical (unpaired) electrons. The van der Waals surface area contributed by atoms with E-state index in [0.29, 0.717) is 10.6 Å². The molecule has 0 aromatic heterocycles. The number of benzene rings is 3. The molecule has 4 nitrogen and oxygen atoms in total. The number of nitrogens with one attached hydrogen (secondary N) is 1. The molecule has 31 heavy (non-hydrogen) atoms. The van der Waals surface area contributed by atoms with E-state index in [1.54, 1.807) is 24.3 Å². The van der Waals surface area contributed by atoms with Crippen molar-refractivity contribution in [2.24, 2.45) is 4.99 Å². The van der Waals surface area contributed by atoms with E-state index in [1.807, 2.05) is 18.2 Å². The van der Waals surface area contributed by atoms with E-state index < -0.39 is 0 Å². The quantitative estimate of drug-likeness (QED) is 0.613. The van der Waals surface area contributed by atoms with Gasteiger partial charge in [0.2, 0.25) is 0 Å². The lowest BCUT2D eigenvalue weighted by Crippen LogP contribution is -2.52.